The smallest absolute Gasteiger partial charge is 0.271 e. The molecular formula is C7H4ClIN2O3. The number of nitrogens with two attached hydrogens (primary N) is 1. The highest BCUT2D eigenvalue weighted by Crippen LogP contribution is 2.27. The van der Waals surface area contributed by atoms with E-state index in [2.05, 4.69) is 0 Å². The second-order valence-electron chi connectivity index (χ2n) is 2.41. The lowest BCUT2D eigenvalue weighted by molar-refractivity contribution is -0.385. The van der Waals surface area contributed by atoms with Crippen LogP contribution >= 0.6 is 34.2 Å². The Kier molecular flexibility index (Phi) is 3.27. The van der Waals surface area contributed by atoms with E-state index in [9.17, 15) is 14.9 Å². The molecule has 0 fully saturated rings. The van der Waals surface area contributed by atoms with Crippen molar-refractivity contribution in [3.8, 4) is 0 Å². The van der Waals surface area contributed by atoms with Crippen molar-refractivity contribution in [2.75, 3.05) is 0 Å². The Balaban J connectivity index is 3.43. The van der Waals surface area contributed by atoms with Crippen molar-refractivity contribution in [1.82, 2.24) is 0 Å². The normalized spacial score (nSPS) is 9.86. The monoisotopic (exact) mass is 326 g/mol. The molecule has 0 radical (unpaired) electrons. The van der Waals surface area contributed by atoms with Gasteiger partial charge >= 0.3 is 0 Å². The van der Waals surface area contributed by atoms with Crippen LogP contribution in [0, 0.1) is 13.7 Å². The average Bonchev–Trinajstić information content (AvgIpc) is 2.08. The van der Waals surface area contributed by atoms with Crippen molar-refractivity contribution < 1.29 is 9.72 Å². The van der Waals surface area contributed by atoms with Gasteiger partial charge in [0.15, 0.2) is 0 Å². The number of nitro groups is 1. The fourth-order valence-electron chi connectivity index (χ4n) is 0.859. The molecule has 0 aromatic heterocycles. The fraction of sp³-hybridized carbons (Fsp3) is 0. The Bertz CT molecular complexity index is 422. The SMILES string of the molecule is NC(=O)c1cc([N+](=O)[O-])cc(I)c1Cl. The molecule has 14 heavy (non-hydrogen) atoms. The third kappa shape index (κ3) is 2.13. The summed E-state index contributed by atoms with van der Waals surface area (Å²) in [5.41, 5.74) is 4.77. The van der Waals surface area contributed by atoms with Gasteiger partial charge < -0.3 is 5.73 Å². The van der Waals surface area contributed by atoms with Gasteiger partial charge in [-0.15, -0.1) is 0 Å². The van der Waals surface area contributed by atoms with Crippen LogP contribution in [0.1, 0.15) is 10.4 Å². The number of halogens is 2. The van der Waals surface area contributed by atoms with E-state index in [4.69, 9.17) is 17.3 Å². The van der Waals surface area contributed by atoms with E-state index in [0.717, 1.165) is 6.07 Å². The first kappa shape index (κ1) is 11.2. The zero-order valence-corrected chi connectivity index (χ0v) is 9.57. The van der Waals surface area contributed by atoms with E-state index in [0.29, 0.717) is 3.57 Å². The van der Waals surface area contributed by atoms with Gasteiger partial charge in [0, 0.05) is 15.7 Å². The highest BCUT2D eigenvalue weighted by Gasteiger charge is 2.16. The predicted molar refractivity (Wildman–Crippen MR) is 59.3 cm³/mol. The molecule has 0 unspecified atom stereocenters. The Hall–Kier alpha value is -0.890. The number of nitro benzene ring substituents is 1. The van der Waals surface area contributed by atoms with Gasteiger partial charge in [0.1, 0.15) is 0 Å². The number of hydrogen-bond acceptors (Lipinski definition) is 3. The van der Waals surface area contributed by atoms with Crippen LogP contribution in [0.2, 0.25) is 5.02 Å². The number of primary amides is 1. The second-order valence-corrected chi connectivity index (χ2v) is 3.95. The van der Waals surface area contributed by atoms with Crippen molar-refractivity contribution in [1.29, 1.82) is 0 Å². The van der Waals surface area contributed by atoms with Crippen molar-refractivity contribution in [2.24, 2.45) is 5.73 Å². The molecular weight excluding hydrogens is 322 g/mol. The minimum Gasteiger partial charge on any atom is -0.366 e. The number of carbonyl (C=O) groups excluding carboxylic acids is 1. The topological polar surface area (TPSA) is 86.2 Å². The molecule has 7 heteroatoms. The number of hydrogen-bond donors (Lipinski definition) is 1. The number of rotatable bonds is 2. The van der Waals surface area contributed by atoms with E-state index in [1.54, 1.807) is 22.6 Å². The molecule has 0 bridgehead atoms. The van der Waals surface area contributed by atoms with Gasteiger partial charge in [0.2, 0.25) is 0 Å². The molecule has 5 nitrogen and oxygen atoms in total. The molecule has 1 amide bonds. The molecule has 2 N–H and O–H groups in total. The maximum Gasteiger partial charge on any atom is 0.271 e. The standard InChI is InChI=1S/C7H4ClIN2O3/c8-6-4(7(10)12)1-3(11(13)14)2-5(6)9/h1-2H,(H2,10,12). The Labute approximate surface area is 97.5 Å². The zero-order chi connectivity index (χ0) is 10.9. The molecule has 0 aliphatic heterocycles. The van der Waals surface area contributed by atoms with Crippen LogP contribution in [0.25, 0.3) is 0 Å². The summed E-state index contributed by atoms with van der Waals surface area (Å²) in [5.74, 6) is -0.781. The summed E-state index contributed by atoms with van der Waals surface area (Å²) in [6.45, 7) is 0. The summed E-state index contributed by atoms with van der Waals surface area (Å²) >= 11 is 7.53. The largest absolute Gasteiger partial charge is 0.366 e. The lowest BCUT2D eigenvalue weighted by atomic mass is 10.2. The van der Waals surface area contributed by atoms with Crippen LogP contribution in [-0.2, 0) is 0 Å². The van der Waals surface area contributed by atoms with Crippen LogP contribution in [0.5, 0.6) is 0 Å². The van der Waals surface area contributed by atoms with Gasteiger partial charge in [-0.2, -0.15) is 0 Å². The maximum atomic E-state index is 10.9. The summed E-state index contributed by atoms with van der Waals surface area (Å²) < 4.78 is 0.423. The molecule has 0 aliphatic rings. The highest BCUT2D eigenvalue weighted by molar-refractivity contribution is 14.1. The van der Waals surface area contributed by atoms with Crippen molar-refractivity contribution in [2.45, 2.75) is 0 Å². The first-order valence-electron chi connectivity index (χ1n) is 3.36. The molecule has 0 heterocycles. The second kappa shape index (κ2) is 4.09. The molecule has 1 rings (SSSR count). The number of carbonyl (C=O) groups is 1. The summed E-state index contributed by atoms with van der Waals surface area (Å²) in [7, 11) is 0. The number of nitrogens with zero attached hydrogens (tertiary/aromatic N) is 1. The summed E-state index contributed by atoms with van der Waals surface area (Å²) in [6, 6.07) is 2.34. The van der Waals surface area contributed by atoms with Crippen LogP contribution < -0.4 is 5.73 Å². The van der Waals surface area contributed by atoms with E-state index in [-0.39, 0.29) is 16.3 Å². The van der Waals surface area contributed by atoms with E-state index >= 15 is 0 Å². The summed E-state index contributed by atoms with van der Waals surface area (Å²) in [4.78, 5) is 20.7. The minimum absolute atomic E-state index is 0.0368. The zero-order valence-electron chi connectivity index (χ0n) is 6.66. The van der Waals surface area contributed by atoms with Crippen LogP contribution in [0.4, 0.5) is 5.69 Å². The highest BCUT2D eigenvalue weighted by atomic mass is 127. The van der Waals surface area contributed by atoms with E-state index in [1.807, 2.05) is 0 Å². The van der Waals surface area contributed by atoms with Crippen LogP contribution in [-0.4, -0.2) is 10.8 Å². The van der Waals surface area contributed by atoms with Crippen molar-refractivity contribution >= 4 is 45.8 Å². The van der Waals surface area contributed by atoms with Gasteiger partial charge in [-0.1, -0.05) is 11.6 Å². The third-order valence-electron chi connectivity index (χ3n) is 1.49. The fourth-order valence-corrected chi connectivity index (χ4v) is 1.67. The molecule has 74 valence electrons. The van der Waals surface area contributed by atoms with Crippen molar-refractivity contribution in [3.05, 3.63) is 36.4 Å². The minimum atomic E-state index is -0.781. The Morgan fingerprint density at radius 3 is 2.57 bits per heavy atom. The van der Waals surface area contributed by atoms with Gasteiger partial charge in [0.05, 0.1) is 15.5 Å². The summed E-state index contributed by atoms with van der Waals surface area (Å²) in [6.07, 6.45) is 0. The number of non-ortho nitro benzene ring substituents is 1. The molecule has 0 saturated heterocycles. The average molecular weight is 326 g/mol. The maximum absolute atomic E-state index is 10.9. The van der Waals surface area contributed by atoms with Crippen LogP contribution in [0.15, 0.2) is 12.1 Å². The molecule has 0 spiro atoms. The lowest BCUT2D eigenvalue weighted by Gasteiger charge is -2.01. The third-order valence-corrected chi connectivity index (χ3v) is 3.07. The predicted octanol–water partition coefficient (Wildman–Crippen LogP) is 1.95. The molecule has 1 aromatic carbocycles. The molecule has 0 saturated carbocycles. The molecule has 0 aliphatic carbocycles. The Morgan fingerprint density at radius 2 is 2.14 bits per heavy atom. The van der Waals surface area contributed by atoms with E-state index in [1.165, 1.54) is 6.07 Å². The molecule has 1 aromatic rings. The lowest BCUT2D eigenvalue weighted by Crippen LogP contribution is -2.12. The van der Waals surface area contributed by atoms with Gasteiger partial charge in [0.25, 0.3) is 11.6 Å². The van der Waals surface area contributed by atoms with Crippen molar-refractivity contribution in [3.63, 3.8) is 0 Å². The van der Waals surface area contributed by atoms with E-state index < -0.39 is 10.8 Å². The summed E-state index contributed by atoms with van der Waals surface area (Å²) in [5, 5.41) is 10.6. The first-order chi connectivity index (χ1) is 6.43. The number of amides is 1. The van der Waals surface area contributed by atoms with Gasteiger partial charge in [-0.3, -0.25) is 14.9 Å². The van der Waals surface area contributed by atoms with Gasteiger partial charge in [-0.25, -0.2) is 0 Å². The van der Waals surface area contributed by atoms with Crippen LogP contribution in [0.3, 0.4) is 0 Å². The quantitative estimate of drug-likeness (QED) is 0.512. The Morgan fingerprint density at radius 1 is 1.57 bits per heavy atom. The number of benzene rings is 1. The van der Waals surface area contributed by atoms with Gasteiger partial charge in [-0.05, 0) is 22.6 Å². The molecule has 0 atom stereocenters. The first-order valence-corrected chi connectivity index (χ1v) is 4.82.